The number of hydrogen-bond donors (Lipinski definition) is 2. The van der Waals surface area contributed by atoms with Crippen LogP contribution in [0.4, 0.5) is 0 Å². The molecule has 0 spiro atoms. The van der Waals surface area contributed by atoms with Gasteiger partial charge in [-0.25, -0.2) is 4.98 Å². The number of nitrogens with one attached hydrogen (secondary N) is 2. The van der Waals surface area contributed by atoms with Crippen molar-refractivity contribution >= 4 is 35.8 Å². The zero-order valence-corrected chi connectivity index (χ0v) is 11.1. The van der Waals surface area contributed by atoms with Gasteiger partial charge in [0, 0.05) is 12.5 Å². The second kappa shape index (κ2) is 6.24. The van der Waals surface area contributed by atoms with Crippen LogP contribution in [0.1, 0.15) is 24.6 Å². The molecule has 0 bridgehead atoms. The molecular weight excluding hydrogens is 257 g/mol. The molecule has 0 saturated carbocycles. The average molecular weight is 274 g/mol. The van der Waals surface area contributed by atoms with Gasteiger partial charge < -0.3 is 10.3 Å². The van der Waals surface area contributed by atoms with Crippen LogP contribution in [0.5, 0.6) is 0 Å². The number of aromatic amines is 1. The van der Waals surface area contributed by atoms with Gasteiger partial charge in [0.05, 0.1) is 11.0 Å². The quantitative estimate of drug-likeness (QED) is 0.839. The van der Waals surface area contributed by atoms with E-state index in [0.717, 1.165) is 29.9 Å². The zero-order valence-electron chi connectivity index (χ0n) is 9.48. The topological polar surface area (TPSA) is 40.7 Å². The van der Waals surface area contributed by atoms with E-state index in [1.54, 1.807) is 0 Å². The first-order valence-electron chi connectivity index (χ1n) is 5.59. The van der Waals surface area contributed by atoms with Crippen molar-refractivity contribution in [3.8, 4) is 0 Å². The standard InChI is InChI=1S/C12H15N3.2ClH/c1-2-6-11-10(5-1)14-12(15-11)9-4-3-7-13-8-9;;/h1-2,5-6,9,13H,3-4,7-8H2,(H,14,15);2*1H/t9-;;/m1../s1. The number of imidazole rings is 1. The zero-order chi connectivity index (χ0) is 10.1. The number of piperidine rings is 1. The van der Waals surface area contributed by atoms with Gasteiger partial charge in [0.2, 0.25) is 0 Å². The lowest BCUT2D eigenvalue weighted by atomic mass is 9.99. The van der Waals surface area contributed by atoms with Crippen molar-refractivity contribution in [1.82, 2.24) is 15.3 Å². The van der Waals surface area contributed by atoms with E-state index in [2.05, 4.69) is 27.4 Å². The fourth-order valence-corrected chi connectivity index (χ4v) is 2.25. The maximum absolute atomic E-state index is 4.64. The number of benzene rings is 1. The summed E-state index contributed by atoms with van der Waals surface area (Å²) in [6.45, 7) is 2.20. The Morgan fingerprint density at radius 2 is 2.00 bits per heavy atom. The highest BCUT2D eigenvalue weighted by Crippen LogP contribution is 2.22. The molecule has 2 N–H and O–H groups in total. The normalized spacial score (nSPS) is 19.4. The summed E-state index contributed by atoms with van der Waals surface area (Å²) in [7, 11) is 0. The van der Waals surface area contributed by atoms with Crippen molar-refractivity contribution in [2.75, 3.05) is 13.1 Å². The molecule has 1 atom stereocenters. The number of aromatic nitrogens is 2. The van der Waals surface area contributed by atoms with E-state index in [1.807, 2.05) is 12.1 Å². The van der Waals surface area contributed by atoms with Crippen LogP contribution in [0, 0.1) is 0 Å². The lowest BCUT2D eigenvalue weighted by molar-refractivity contribution is 0.449. The van der Waals surface area contributed by atoms with Crippen molar-refractivity contribution in [1.29, 1.82) is 0 Å². The van der Waals surface area contributed by atoms with Crippen LogP contribution in [0.25, 0.3) is 11.0 Å². The SMILES string of the molecule is Cl.Cl.c1ccc2[nH]c([C@@H]3CCCNC3)nc2c1. The third-order valence-corrected chi connectivity index (χ3v) is 3.09. The average Bonchev–Trinajstić information content (AvgIpc) is 2.74. The number of para-hydroxylation sites is 2. The highest BCUT2D eigenvalue weighted by Gasteiger charge is 2.18. The van der Waals surface area contributed by atoms with Gasteiger partial charge in [0.15, 0.2) is 0 Å². The van der Waals surface area contributed by atoms with Crippen LogP contribution in [0.3, 0.4) is 0 Å². The van der Waals surface area contributed by atoms with Gasteiger partial charge in [-0.05, 0) is 31.5 Å². The molecular formula is C12H17Cl2N3. The maximum atomic E-state index is 4.64. The molecule has 1 aliphatic heterocycles. The highest BCUT2D eigenvalue weighted by molar-refractivity contribution is 5.85. The van der Waals surface area contributed by atoms with Crippen molar-refractivity contribution in [3.63, 3.8) is 0 Å². The molecule has 1 aliphatic rings. The van der Waals surface area contributed by atoms with E-state index in [4.69, 9.17) is 0 Å². The first-order chi connectivity index (χ1) is 7.43. The van der Waals surface area contributed by atoms with Gasteiger partial charge >= 0.3 is 0 Å². The van der Waals surface area contributed by atoms with Crippen molar-refractivity contribution in [2.24, 2.45) is 0 Å². The van der Waals surface area contributed by atoms with Crippen LogP contribution in [0.2, 0.25) is 0 Å². The summed E-state index contributed by atoms with van der Waals surface area (Å²) in [5, 5.41) is 3.42. The largest absolute Gasteiger partial charge is 0.342 e. The molecule has 2 aromatic rings. The molecule has 0 aliphatic carbocycles. The second-order valence-electron chi connectivity index (χ2n) is 4.18. The smallest absolute Gasteiger partial charge is 0.111 e. The molecule has 3 rings (SSSR count). The molecule has 94 valence electrons. The predicted molar refractivity (Wildman–Crippen MR) is 75.4 cm³/mol. The Morgan fingerprint density at radius 1 is 1.18 bits per heavy atom. The Hall–Kier alpha value is -0.770. The third kappa shape index (κ3) is 2.92. The lowest BCUT2D eigenvalue weighted by Crippen LogP contribution is -2.28. The van der Waals surface area contributed by atoms with Gasteiger partial charge in [-0.1, -0.05) is 12.1 Å². The Labute approximate surface area is 113 Å². The summed E-state index contributed by atoms with van der Waals surface area (Å²) in [6.07, 6.45) is 2.49. The summed E-state index contributed by atoms with van der Waals surface area (Å²) in [4.78, 5) is 8.06. The van der Waals surface area contributed by atoms with Gasteiger partial charge in [0.25, 0.3) is 0 Å². The number of nitrogens with zero attached hydrogens (tertiary/aromatic N) is 1. The Kier molecular flexibility index (Phi) is 5.25. The van der Waals surface area contributed by atoms with Crippen molar-refractivity contribution in [3.05, 3.63) is 30.1 Å². The third-order valence-electron chi connectivity index (χ3n) is 3.09. The van der Waals surface area contributed by atoms with Crippen LogP contribution in [-0.2, 0) is 0 Å². The molecule has 1 aromatic carbocycles. The number of H-pyrrole nitrogens is 1. The number of rotatable bonds is 1. The van der Waals surface area contributed by atoms with Crippen LogP contribution >= 0.6 is 24.8 Å². The minimum absolute atomic E-state index is 0. The minimum atomic E-state index is 0. The lowest BCUT2D eigenvalue weighted by Gasteiger charge is -2.20. The monoisotopic (exact) mass is 273 g/mol. The van der Waals surface area contributed by atoms with Gasteiger partial charge in [0.1, 0.15) is 5.82 Å². The predicted octanol–water partition coefficient (Wildman–Crippen LogP) is 2.87. The molecule has 0 amide bonds. The molecule has 1 fully saturated rings. The number of hydrogen-bond acceptors (Lipinski definition) is 2. The minimum Gasteiger partial charge on any atom is -0.342 e. The van der Waals surface area contributed by atoms with Gasteiger partial charge in [-0.3, -0.25) is 0 Å². The molecule has 1 saturated heterocycles. The Bertz CT molecular complexity index is 430. The summed E-state index contributed by atoms with van der Waals surface area (Å²) in [5.41, 5.74) is 2.23. The van der Waals surface area contributed by atoms with Crippen LogP contribution < -0.4 is 5.32 Å². The summed E-state index contributed by atoms with van der Waals surface area (Å²) in [6, 6.07) is 8.23. The van der Waals surface area contributed by atoms with Crippen LogP contribution in [0.15, 0.2) is 24.3 Å². The first-order valence-corrected chi connectivity index (χ1v) is 5.59. The Morgan fingerprint density at radius 3 is 2.71 bits per heavy atom. The number of fused-ring (bicyclic) bond motifs is 1. The molecule has 0 unspecified atom stereocenters. The number of halogens is 2. The molecule has 3 nitrogen and oxygen atoms in total. The summed E-state index contributed by atoms with van der Waals surface area (Å²) in [5.74, 6) is 1.70. The first kappa shape index (κ1) is 14.3. The molecule has 17 heavy (non-hydrogen) atoms. The molecule has 0 radical (unpaired) electrons. The van der Waals surface area contributed by atoms with Crippen molar-refractivity contribution in [2.45, 2.75) is 18.8 Å². The highest BCUT2D eigenvalue weighted by atomic mass is 35.5. The van der Waals surface area contributed by atoms with E-state index < -0.39 is 0 Å². The Balaban J connectivity index is 0.000000722. The maximum Gasteiger partial charge on any atom is 0.111 e. The van der Waals surface area contributed by atoms with E-state index in [-0.39, 0.29) is 24.8 Å². The second-order valence-corrected chi connectivity index (χ2v) is 4.18. The summed E-state index contributed by atoms with van der Waals surface area (Å²) >= 11 is 0. The van der Waals surface area contributed by atoms with E-state index in [1.165, 1.54) is 12.8 Å². The van der Waals surface area contributed by atoms with Crippen molar-refractivity contribution < 1.29 is 0 Å². The molecule has 2 heterocycles. The van der Waals surface area contributed by atoms with E-state index >= 15 is 0 Å². The van der Waals surface area contributed by atoms with E-state index in [9.17, 15) is 0 Å². The van der Waals surface area contributed by atoms with E-state index in [0.29, 0.717) is 5.92 Å². The van der Waals surface area contributed by atoms with Gasteiger partial charge in [-0.15, -0.1) is 24.8 Å². The summed E-state index contributed by atoms with van der Waals surface area (Å²) < 4.78 is 0. The fraction of sp³-hybridized carbons (Fsp3) is 0.417. The fourth-order valence-electron chi connectivity index (χ4n) is 2.25. The van der Waals surface area contributed by atoms with Crippen LogP contribution in [-0.4, -0.2) is 23.1 Å². The van der Waals surface area contributed by atoms with Gasteiger partial charge in [-0.2, -0.15) is 0 Å². The molecule has 5 heteroatoms. The molecule has 1 aromatic heterocycles.